The molecule has 8 heavy (non-hydrogen) atoms. The van der Waals surface area contributed by atoms with E-state index in [1.165, 1.54) is 12.8 Å². The number of hydrogen-bond acceptors (Lipinski definition) is 0. The van der Waals surface area contributed by atoms with E-state index in [9.17, 15) is 0 Å². The lowest BCUT2D eigenvalue weighted by atomic mass is 10.0. The van der Waals surface area contributed by atoms with Gasteiger partial charge in [0.15, 0.2) is 0 Å². The molecule has 0 N–H and O–H groups in total. The molecule has 0 heterocycles. The maximum atomic E-state index is 3.13. The Hall–Kier alpha value is 0. The first-order valence-corrected chi connectivity index (χ1v) is 3.45. The monoisotopic (exact) mass is 112 g/mol. The van der Waals surface area contributed by atoms with E-state index in [2.05, 4.69) is 20.3 Å². The highest BCUT2D eigenvalue weighted by molar-refractivity contribution is 4.58. The third kappa shape index (κ3) is 4.17. The Bertz CT molecular complexity index is 39.3. The minimum atomic E-state index is 0.891. The van der Waals surface area contributed by atoms with E-state index in [1.54, 1.807) is 0 Å². The predicted molar refractivity (Wildman–Crippen MR) is 37.6 cm³/mol. The Morgan fingerprint density at radius 2 is 2.12 bits per heavy atom. The Labute approximate surface area is 53.3 Å². The maximum Gasteiger partial charge on any atom is -0.0207 e. The van der Waals surface area contributed by atoms with Gasteiger partial charge in [-0.05, 0) is 18.8 Å². The summed E-state index contributed by atoms with van der Waals surface area (Å²) in [5, 5.41) is 0. The standard InChI is InChI=1S/C8H16/c1-4-6-7-8(3)5-2/h8H,5-7H2,1-3H3. The van der Waals surface area contributed by atoms with Crippen LogP contribution >= 0.6 is 0 Å². The molecule has 0 rings (SSSR count). The Morgan fingerprint density at radius 3 is 2.50 bits per heavy atom. The molecule has 0 heteroatoms. The molecule has 48 valence electrons. The molecular weight excluding hydrogens is 96.1 g/mol. The molecule has 0 aliphatic carbocycles. The van der Waals surface area contributed by atoms with Gasteiger partial charge < -0.3 is 0 Å². The summed E-state index contributed by atoms with van der Waals surface area (Å²) in [7, 11) is 0. The van der Waals surface area contributed by atoms with Gasteiger partial charge in [0, 0.05) is 0 Å². The van der Waals surface area contributed by atoms with Gasteiger partial charge in [-0.2, -0.15) is 0 Å². The summed E-state index contributed by atoms with van der Waals surface area (Å²) >= 11 is 0. The molecule has 0 amide bonds. The first-order valence-electron chi connectivity index (χ1n) is 3.45. The van der Waals surface area contributed by atoms with Gasteiger partial charge in [-0.15, -0.1) is 0 Å². The molecule has 1 unspecified atom stereocenters. The lowest BCUT2D eigenvalue weighted by Gasteiger charge is -2.04. The van der Waals surface area contributed by atoms with Gasteiger partial charge in [-0.25, -0.2) is 0 Å². The van der Waals surface area contributed by atoms with E-state index in [-0.39, 0.29) is 0 Å². The van der Waals surface area contributed by atoms with Gasteiger partial charge in [0.25, 0.3) is 0 Å². The lowest BCUT2D eigenvalue weighted by Crippen LogP contribution is -1.90. The van der Waals surface area contributed by atoms with E-state index >= 15 is 0 Å². The molecule has 0 nitrogen and oxygen atoms in total. The average molecular weight is 112 g/mol. The van der Waals surface area contributed by atoms with E-state index in [4.69, 9.17) is 0 Å². The lowest BCUT2D eigenvalue weighted by molar-refractivity contribution is 0.514. The maximum absolute atomic E-state index is 3.13. The van der Waals surface area contributed by atoms with Crippen LogP contribution in [0.4, 0.5) is 0 Å². The van der Waals surface area contributed by atoms with Gasteiger partial charge in [-0.1, -0.05) is 33.6 Å². The minimum Gasteiger partial charge on any atom is -0.0651 e. The summed E-state index contributed by atoms with van der Waals surface area (Å²) in [4.78, 5) is 0. The van der Waals surface area contributed by atoms with E-state index in [0.29, 0.717) is 0 Å². The van der Waals surface area contributed by atoms with Gasteiger partial charge in [0.1, 0.15) is 0 Å². The van der Waals surface area contributed by atoms with Gasteiger partial charge in [0.2, 0.25) is 0 Å². The third-order valence-electron chi connectivity index (χ3n) is 1.58. The second kappa shape index (κ2) is 5.14. The molecule has 0 aliphatic heterocycles. The fourth-order valence-corrected chi connectivity index (χ4v) is 0.595. The van der Waals surface area contributed by atoms with Gasteiger partial charge >= 0.3 is 0 Å². The largest absolute Gasteiger partial charge is 0.0651 e. The second-order valence-electron chi connectivity index (χ2n) is 2.41. The van der Waals surface area contributed by atoms with Crippen LogP contribution in [-0.2, 0) is 0 Å². The van der Waals surface area contributed by atoms with Crippen LogP contribution in [0.1, 0.15) is 40.0 Å². The van der Waals surface area contributed by atoms with Crippen molar-refractivity contribution in [2.24, 2.45) is 5.92 Å². The number of hydrogen-bond donors (Lipinski definition) is 0. The molecule has 0 aliphatic rings. The van der Waals surface area contributed by atoms with Crippen LogP contribution in [0.2, 0.25) is 0 Å². The highest BCUT2D eigenvalue weighted by atomic mass is 14.0. The quantitative estimate of drug-likeness (QED) is 0.524. The predicted octanol–water partition coefficient (Wildman–Crippen LogP) is 2.91. The Kier molecular flexibility index (Phi) is 5.14. The fourth-order valence-electron chi connectivity index (χ4n) is 0.595. The molecule has 0 aromatic rings. The van der Waals surface area contributed by atoms with Crippen molar-refractivity contribution in [1.29, 1.82) is 0 Å². The molecule has 0 fully saturated rings. The van der Waals surface area contributed by atoms with Crippen LogP contribution in [-0.4, -0.2) is 0 Å². The fraction of sp³-hybridized carbons (Fsp3) is 0.875. The second-order valence-corrected chi connectivity index (χ2v) is 2.41. The van der Waals surface area contributed by atoms with Crippen molar-refractivity contribution < 1.29 is 0 Å². The smallest absolute Gasteiger partial charge is 0.0207 e. The van der Waals surface area contributed by atoms with Crippen LogP contribution in [0.5, 0.6) is 0 Å². The van der Waals surface area contributed by atoms with Crippen molar-refractivity contribution >= 4 is 0 Å². The molecular formula is C8H16. The summed E-state index contributed by atoms with van der Waals surface area (Å²) < 4.78 is 0. The molecule has 0 spiro atoms. The van der Waals surface area contributed by atoms with Gasteiger partial charge in [0.05, 0.1) is 0 Å². The topological polar surface area (TPSA) is 0 Å². The zero-order valence-electron chi connectivity index (χ0n) is 6.20. The molecule has 1 atom stereocenters. The summed E-state index contributed by atoms with van der Waals surface area (Å²) in [6, 6.07) is 0. The highest BCUT2D eigenvalue weighted by Gasteiger charge is 1.94. The first-order chi connectivity index (χ1) is 3.81. The highest BCUT2D eigenvalue weighted by Crippen LogP contribution is 2.09. The van der Waals surface area contributed by atoms with Gasteiger partial charge in [-0.3, -0.25) is 0 Å². The Morgan fingerprint density at radius 1 is 1.50 bits per heavy atom. The molecule has 2 radical (unpaired) electrons. The Balaban J connectivity index is 2.86. The SMILES string of the molecule is C[C]CCC(C)CC. The summed E-state index contributed by atoms with van der Waals surface area (Å²) in [6.45, 7) is 6.53. The van der Waals surface area contributed by atoms with E-state index < -0.39 is 0 Å². The molecule has 0 aromatic carbocycles. The zero-order valence-corrected chi connectivity index (χ0v) is 6.20. The van der Waals surface area contributed by atoms with Crippen LogP contribution in [0.25, 0.3) is 0 Å². The molecule has 0 saturated heterocycles. The molecule has 0 bridgehead atoms. The number of unbranched alkanes of at least 4 members (excludes halogenated alkanes) is 1. The summed E-state index contributed by atoms with van der Waals surface area (Å²) in [5.74, 6) is 0.891. The zero-order chi connectivity index (χ0) is 6.41. The molecule has 0 aromatic heterocycles. The minimum absolute atomic E-state index is 0.891. The van der Waals surface area contributed by atoms with Crippen molar-refractivity contribution in [1.82, 2.24) is 0 Å². The van der Waals surface area contributed by atoms with E-state index in [1.807, 2.05) is 6.92 Å². The van der Waals surface area contributed by atoms with Crippen molar-refractivity contribution in [2.45, 2.75) is 40.0 Å². The van der Waals surface area contributed by atoms with Crippen molar-refractivity contribution in [2.75, 3.05) is 0 Å². The van der Waals surface area contributed by atoms with Crippen LogP contribution in [0.3, 0.4) is 0 Å². The first kappa shape index (κ1) is 8.00. The van der Waals surface area contributed by atoms with Crippen molar-refractivity contribution in [3.05, 3.63) is 6.42 Å². The summed E-state index contributed by atoms with van der Waals surface area (Å²) in [5.41, 5.74) is 0. The van der Waals surface area contributed by atoms with Crippen LogP contribution in [0.15, 0.2) is 0 Å². The third-order valence-corrected chi connectivity index (χ3v) is 1.58. The van der Waals surface area contributed by atoms with E-state index in [0.717, 1.165) is 12.3 Å². The summed E-state index contributed by atoms with van der Waals surface area (Å²) in [6.07, 6.45) is 6.91. The van der Waals surface area contributed by atoms with Crippen LogP contribution in [0, 0.1) is 12.3 Å². The average Bonchev–Trinajstić information content (AvgIpc) is 1.83. The number of rotatable bonds is 4. The van der Waals surface area contributed by atoms with Crippen molar-refractivity contribution in [3.8, 4) is 0 Å². The molecule has 0 saturated carbocycles. The normalized spacial score (nSPS) is 13.9. The van der Waals surface area contributed by atoms with Crippen molar-refractivity contribution in [3.63, 3.8) is 0 Å². The van der Waals surface area contributed by atoms with Crippen LogP contribution < -0.4 is 0 Å².